The minimum Gasteiger partial charge on any atom is -0.389 e. The zero-order valence-electron chi connectivity index (χ0n) is 15.4. The Kier molecular flexibility index (Phi) is 3.95. The Balaban J connectivity index is 1.95. The molecular weight excluding hydrogens is 332 g/mol. The molecule has 1 spiro atoms. The maximum absolute atomic E-state index is 12.8. The highest BCUT2D eigenvalue weighted by molar-refractivity contribution is 7.10. The van der Waals surface area contributed by atoms with Crippen molar-refractivity contribution in [1.29, 1.82) is 0 Å². The van der Waals surface area contributed by atoms with Crippen LogP contribution in [0.5, 0.6) is 0 Å². The van der Waals surface area contributed by atoms with Gasteiger partial charge in [-0.3, -0.25) is 4.79 Å². The summed E-state index contributed by atoms with van der Waals surface area (Å²) in [6, 6.07) is 2.13. The van der Waals surface area contributed by atoms with Crippen molar-refractivity contribution in [2.24, 2.45) is 23.7 Å². The number of rotatable bonds is 2. The molecule has 4 heteroatoms. The summed E-state index contributed by atoms with van der Waals surface area (Å²) in [5.41, 5.74) is 2.51. The van der Waals surface area contributed by atoms with Crippen LogP contribution in [0.25, 0.3) is 5.57 Å². The first-order valence-electron chi connectivity index (χ1n) is 9.41. The Hall–Kier alpha value is -1.42. The molecule has 1 aliphatic heterocycles. The molecule has 0 bridgehead atoms. The maximum Gasteiger partial charge on any atom is 0.342 e. The predicted octanol–water partition coefficient (Wildman–Crippen LogP) is 4.95. The van der Waals surface area contributed by atoms with Gasteiger partial charge in [0.05, 0.1) is 5.57 Å². The van der Waals surface area contributed by atoms with Gasteiger partial charge in [-0.05, 0) is 72.9 Å². The highest BCUT2D eigenvalue weighted by atomic mass is 32.1. The van der Waals surface area contributed by atoms with Crippen molar-refractivity contribution in [2.45, 2.75) is 58.8 Å². The standard InChI is InChI=1S/C21H26O3S/c1-11(2)9-14-10-12(3)5-7-21(14)17-16(19(22)24-20(17)23)13(4)15-6-8-25-18(15)21/h6,8,11-12,14,17H,5,7,9-10H2,1-4H3. The average Bonchev–Trinajstić information content (AvgIpc) is 3.12. The van der Waals surface area contributed by atoms with Crippen LogP contribution < -0.4 is 0 Å². The van der Waals surface area contributed by atoms with Gasteiger partial charge < -0.3 is 4.74 Å². The summed E-state index contributed by atoms with van der Waals surface area (Å²) >= 11 is 1.77. The smallest absolute Gasteiger partial charge is 0.342 e. The van der Waals surface area contributed by atoms with E-state index in [1.54, 1.807) is 11.3 Å². The van der Waals surface area contributed by atoms with E-state index in [4.69, 9.17) is 4.74 Å². The van der Waals surface area contributed by atoms with E-state index in [0.29, 0.717) is 23.3 Å². The van der Waals surface area contributed by atoms with Gasteiger partial charge in [-0.2, -0.15) is 0 Å². The summed E-state index contributed by atoms with van der Waals surface area (Å²) in [6.07, 6.45) is 4.30. The molecule has 3 nitrogen and oxygen atoms in total. The summed E-state index contributed by atoms with van der Waals surface area (Å²) in [5.74, 6) is 0.524. The summed E-state index contributed by atoms with van der Waals surface area (Å²) in [5, 5.41) is 2.12. The van der Waals surface area contributed by atoms with Gasteiger partial charge in [0.25, 0.3) is 0 Å². The number of thiophene rings is 1. The van der Waals surface area contributed by atoms with Gasteiger partial charge in [0.1, 0.15) is 5.92 Å². The topological polar surface area (TPSA) is 43.4 Å². The highest BCUT2D eigenvalue weighted by Crippen LogP contribution is 2.61. The van der Waals surface area contributed by atoms with E-state index in [1.165, 1.54) is 10.4 Å². The van der Waals surface area contributed by atoms with Crippen LogP contribution in [-0.2, 0) is 19.7 Å². The lowest BCUT2D eigenvalue weighted by Crippen LogP contribution is -2.50. The molecule has 1 saturated heterocycles. The van der Waals surface area contributed by atoms with Gasteiger partial charge in [0, 0.05) is 10.3 Å². The molecular formula is C21H26O3S. The van der Waals surface area contributed by atoms with Crippen molar-refractivity contribution in [3.8, 4) is 0 Å². The Morgan fingerprint density at radius 2 is 2.12 bits per heavy atom. The molecule has 2 aliphatic carbocycles. The summed E-state index contributed by atoms with van der Waals surface area (Å²) in [6.45, 7) is 8.80. The first-order chi connectivity index (χ1) is 11.9. The fourth-order valence-corrected chi connectivity index (χ4v) is 6.87. The first-order valence-corrected chi connectivity index (χ1v) is 10.3. The van der Waals surface area contributed by atoms with Crippen LogP contribution in [0.2, 0.25) is 0 Å². The van der Waals surface area contributed by atoms with Crippen molar-refractivity contribution in [1.82, 2.24) is 0 Å². The van der Waals surface area contributed by atoms with Gasteiger partial charge in [-0.15, -0.1) is 11.3 Å². The summed E-state index contributed by atoms with van der Waals surface area (Å²) in [7, 11) is 0. The van der Waals surface area contributed by atoms with Crippen LogP contribution >= 0.6 is 11.3 Å². The normalized spacial score (nSPS) is 34.5. The highest BCUT2D eigenvalue weighted by Gasteiger charge is 2.61. The van der Waals surface area contributed by atoms with Gasteiger partial charge in [-0.25, -0.2) is 4.79 Å². The van der Waals surface area contributed by atoms with Crippen LogP contribution in [0.1, 0.15) is 63.8 Å². The third kappa shape index (κ3) is 2.29. The number of hydrogen-bond acceptors (Lipinski definition) is 4. The third-order valence-electron chi connectivity index (χ3n) is 6.57. The van der Waals surface area contributed by atoms with Crippen molar-refractivity contribution >= 4 is 28.8 Å². The Bertz CT molecular complexity index is 770. The molecule has 25 heavy (non-hydrogen) atoms. The lowest BCUT2D eigenvalue weighted by atomic mass is 9.52. The van der Waals surface area contributed by atoms with Gasteiger partial charge >= 0.3 is 11.9 Å². The molecule has 1 aromatic heterocycles. The fourth-order valence-electron chi connectivity index (χ4n) is 5.58. The number of cyclic esters (lactones) is 2. The lowest BCUT2D eigenvalue weighted by molar-refractivity contribution is -0.154. The first kappa shape index (κ1) is 17.0. The molecule has 4 atom stereocenters. The molecule has 134 valence electrons. The number of carbonyl (C=O) groups excluding carboxylic acids is 2. The summed E-state index contributed by atoms with van der Waals surface area (Å²) < 4.78 is 5.16. The van der Waals surface area contributed by atoms with Crippen LogP contribution in [0, 0.1) is 23.7 Å². The van der Waals surface area contributed by atoms with E-state index in [0.717, 1.165) is 31.3 Å². The number of fused-ring (bicyclic) bond motifs is 4. The van der Waals surface area contributed by atoms with Crippen molar-refractivity contribution < 1.29 is 14.3 Å². The second kappa shape index (κ2) is 5.80. The molecule has 0 radical (unpaired) electrons. The quantitative estimate of drug-likeness (QED) is 0.555. The van der Waals surface area contributed by atoms with Crippen LogP contribution in [0.3, 0.4) is 0 Å². The van der Waals surface area contributed by atoms with Crippen LogP contribution in [0.15, 0.2) is 17.0 Å². The van der Waals surface area contributed by atoms with Crippen molar-refractivity contribution in [3.63, 3.8) is 0 Å². The molecule has 0 N–H and O–H groups in total. The van der Waals surface area contributed by atoms with Crippen molar-refractivity contribution in [2.75, 3.05) is 0 Å². The Morgan fingerprint density at radius 1 is 1.36 bits per heavy atom. The van der Waals surface area contributed by atoms with E-state index in [-0.39, 0.29) is 11.4 Å². The van der Waals surface area contributed by atoms with Gasteiger partial charge in [0.2, 0.25) is 0 Å². The lowest BCUT2D eigenvalue weighted by Gasteiger charge is -2.51. The molecule has 3 aliphatic rings. The minimum atomic E-state index is -0.411. The molecule has 2 heterocycles. The van der Waals surface area contributed by atoms with E-state index in [2.05, 4.69) is 32.2 Å². The molecule has 0 amide bonds. The Morgan fingerprint density at radius 3 is 2.84 bits per heavy atom. The number of hydrogen-bond donors (Lipinski definition) is 0. The van der Waals surface area contributed by atoms with Gasteiger partial charge in [-0.1, -0.05) is 20.8 Å². The molecule has 4 unspecified atom stereocenters. The Labute approximate surface area is 153 Å². The SMILES string of the molecule is CC1=C2C(=O)OC(=O)C2C2(CCC(C)CC2CC(C)C)c2sccc21. The van der Waals surface area contributed by atoms with Gasteiger partial charge in [0.15, 0.2) is 0 Å². The third-order valence-corrected chi connectivity index (χ3v) is 7.68. The second-order valence-electron chi connectivity index (χ2n) is 8.59. The van der Waals surface area contributed by atoms with Crippen molar-refractivity contribution in [3.05, 3.63) is 27.5 Å². The number of esters is 2. The zero-order chi connectivity index (χ0) is 17.9. The second-order valence-corrected chi connectivity index (χ2v) is 9.51. The van der Waals surface area contributed by atoms with E-state index in [9.17, 15) is 9.59 Å². The molecule has 2 fully saturated rings. The van der Waals surface area contributed by atoms with Crippen LogP contribution in [0.4, 0.5) is 0 Å². The molecule has 1 aromatic rings. The summed E-state index contributed by atoms with van der Waals surface area (Å²) in [4.78, 5) is 26.6. The zero-order valence-corrected chi connectivity index (χ0v) is 16.2. The fraction of sp³-hybridized carbons (Fsp3) is 0.619. The van der Waals surface area contributed by atoms with Crippen LogP contribution in [-0.4, -0.2) is 11.9 Å². The predicted molar refractivity (Wildman–Crippen MR) is 99.1 cm³/mol. The average molecular weight is 359 g/mol. The minimum absolute atomic E-state index is 0.252. The maximum atomic E-state index is 12.8. The monoisotopic (exact) mass is 358 g/mol. The van der Waals surface area contributed by atoms with E-state index in [1.807, 2.05) is 6.92 Å². The molecule has 4 rings (SSSR count). The molecule has 1 saturated carbocycles. The largest absolute Gasteiger partial charge is 0.389 e. The van der Waals surface area contributed by atoms with E-state index < -0.39 is 11.9 Å². The number of allylic oxidation sites excluding steroid dienone is 1. The number of carbonyl (C=O) groups is 2. The molecule has 0 aromatic carbocycles. The van der Waals surface area contributed by atoms with E-state index >= 15 is 0 Å². The number of ether oxygens (including phenoxy) is 1.